The number of fused-ring (bicyclic) bond motifs is 1. The van der Waals surface area contributed by atoms with Gasteiger partial charge in [-0.2, -0.15) is 4.57 Å². The number of nitrogens with zero attached hydrogens (tertiary/aromatic N) is 2. The Morgan fingerprint density at radius 2 is 1.77 bits per heavy atom. The van der Waals surface area contributed by atoms with E-state index in [0.717, 1.165) is 4.57 Å². The van der Waals surface area contributed by atoms with E-state index in [4.69, 9.17) is 18.5 Å². The largest absolute Gasteiger partial charge is 0.498 e. The molecule has 0 saturated carbocycles. The number of ether oxygens (including phenoxy) is 1. The fraction of sp³-hybridized carbons (Fsp3) is 0.588. The van der Waals surface area contributed by atoms with E-state index in [0.29, 0.717) is 5.46 Å². The molecule has 0 amide bonds. The van der Waals surface area contributed by atoms with Crippen LogP contribution in [0.2, 0.25) is 0 Å². The second-order valence-electron chi connectivity index (χ2n) is 8.32. The zero-order chi connectivity index (χ0) is 19.5. The molecule has 1 saturated heterocycles. The molecule has 0 N–H and O–H groups in total. The van der Waals surface area contributed by atoms with Crippen molar-refractivity contribution < 1.29 is 23.3 Å². The Hall–Kier alpha value is -2.13. The third kappa shape index (κ3) is 3.05. The van der Waals surface area contributed by atoms with Gasteiger partial charge in [0.15, 0.2) is 11.2 Å². The van der Waals surface area contributed by atoms with Crippen molar-refractivity contribution in [3.8, 4) is 0 Å². The lowest BCUT2D eigenvalue weighted by Gasteiger charge is -2.32. The molecule has 1 aliphatic rings. The second kappa shape index (κ2) is 5.69. The van der Waals surface area contributed by atoms with Crippen LogP contribution in [0, 0.1) is 0 Å². The number of hydrogen-bond donors (Lipinski definition) is 0. The van der Waals surface area contributed by atoms with E-state index in [2.05, 4.69) is 4.98 Å². The van der Waals surface area contributed by atoms with Crippen molar-refractivity contribution >= 4 is 29.9 Å². The SMILES string of the molecule is CC(C)(C)OC(=O)n1c(=O)oc2c(B3OC(C)(C)C(C)(C)O3)ccnc21. The number of rotatable bonds is 1. The molecule has 1 fully saturated rings. The predicted octanol–water partition coefficient (Wildman–Crippen LogP) is 2.07. The van der Waals surface area contributed by atoms with Crippen molar-refractivity contribution in [2.24, 2.45) is 0 Å². The third-order valence-corrected chi connectivity index (χ3v) is 4.58. The van der Waals surface area contributed by atoms with E-state index in [1.54, 1.807) is 26.8 Å². The Balaban J connectivity index is 2.08. The van der Waals surface area contributed by atoms with Crippen LogP contribution < -0.4 is 11.2 Å². The normalized spacial score (nSPS) is 19.1. The second-order valence-corrected chi connectivity index (χ2v) is 8.32. The Bertz CT molecular complexity index is 905. The van der Waals surface area contributed by atoms with E-state index in [1.165, 1.54) is 6.20 Å². The van der Waals surface area contributed by atoms with Gasteiger partial charge in [-0.1, -0.05) is 0 Å². The van der Waals surface area contributed by atoms with Crippen LogP contribution in [0.25, 0.3) is 11.2 Å². The molecular formula is C17H23BN2O6. The molecule has 0 aliphatic carbocycles. The van der Waals surface area contributed by atoms with Crippen LogP contribution in [0.5, 0.6) is 0 Å². The summed E-state index contributed by atoms with van der Waals surface area (Å²) < 4.78 is 23.4. The van der Waals surface area contributed by atoms with Crippen LogP contribution in [-0.2, 0) is 14.0 Å². The van der Waals surface area contributed by atoms with Crippen molar-refractivity contribution in [2.45, 2.75) is 65.3 Å². The fourth-order valence-electron chi connectivity index (χ4n) is 2.56. The minimum Gasteiger partial charge on any atom is -0.443 e. The monoisotopic (exact) mass is 362 g/mol. The summed E-state index contributed by atoms with van der Waals surface area (Å²) in [5, 5.41) is 0. The highest BCUT2D eigenvalue weighted by Gasteiger charge is 2.52. The van der Waals surface area contributed by atoms with Gasteiger partial charge >= 0.3 is 19.0 Å². The first-order chi connectivity index (χ1) is 11.8. The van der Waals surface area contributed by atoms with Gasteiger partial charge < -0.3 is 18.5 Å². The fourth-order valence-corrected chi connectivity index (χ4v) is 2.56. The molecule has 0 atom stereocenters. The zero-order valence-electron chi connectivity index (χ0n) is 16.1. The first kappa shape index (κ1) is 18.7. The Morgan fingerprint density at radius 3 is 2.31 bits per heavy atom. The van der Waals surface area contributed by atoms with E-state index in [-0.39, 0.29) is 11.2 Å². The molecule has 26 heavy (non-hydrogen) atoms. The summed E-state index contributed by atoms with van der Waals surface area (Å²) >= 11 is 0. The van der Waals surface area contributed by atoms with Crippen LogP contribution >= 0.6 is 0 Å². The molecule has 0 unspecified atom stereocenters. The molecule has 0 bridgehead atoms. The maximum absolute atomic E-state index is 12.4. The summed E-state index contributed by atoms with van der Waals surface area (Å²) in [6.45, 7) is 12.8. The van der Waals surface area contributed by atoms with Crippen LogP contribution in [0.3, 0.4) is 0 Å². The third-order valence-electron chi connectivity index (χ3n) is 4.58. The van der Waals surface area contributed by atoms with Gasteiger partial charge in [0.2, 0.25) is 0 Å². The van der Waals surface area contributed by atoms with Gasteiger partial charge in [0.1, 0.15) is 5.60 Å². The Labute approximate surface area is 151 Å². The molecular weight excluding hydrogens is 339 g/mol. The molecule has 3 rings (SSSR count). The number of hydrogen-bond acceptors (Lipinski definition) is 7. The van der Waals surface area contributed by atoms with E-state index in [9.17, 15) is 9.59 Å². The Morgan fingerprint density at radius 1 is 1.19 bits per heavy atom. The molecule has 9 heteroatoms. The van der Waals surface area contributed by atoms with Crippen molar-refractivity contribution in [1.82, 2.24) is 9.55 Å². The number of oxazole rings is 1. The molecule has 1 aliphatic heterocycles. The lowest BCUT2D eigenvalue weighted by molar-refractivity contribution is 0.00578. The van der Waals surface area contributed by atoms with E-state index < -0.39 is 35.8 Å². The van der Waals surface area contributed by atoms with Gasteiger partial charge in [-0.25, -0.2) is 14.6 Å². The summed E-state index contributed by atoms with van der Waals surface area (Å²) in [5.74, 6) is -0.870. The van der Waals surface area contributed by atoms with Gasteiger partial charge in [-0.15, -0.1) is 0 Å². The lowest BCUT2D eigenvalue weighted by atomic mass is 9.79. The topological polar surface area (TPSA) is 92.8 Å². The molecule has 0 aromatic carbocycles. The first-order valence-electron chi connectivity index (χ1n) is 8.42. The van der Waals surface area contributed by atoms with Crippen molar-refractivity contribution in [3.63, 3.8) is 0 Å². The first-order valence-corrected chi connectivity index (χ1v) is 8.42. The molecule has 0 spiro atoms. The average molecular weight is 362 g/mol. The van der Waals surface area contributed by atoms with E-state index in [1.807, 2.05) is 27.7 Å². The van der Waals surface area contributed by atoms with Crippen LogP contribution in [-0.4, -0.2) is 39.6 Å². The summed E-state index contributed by atoms with van der Waals surface area (Å²) in [7, 11) is -0.747. The van der Waals surface area contributed by atoms with Crippen molar-refractivity contribution in [1.29, 1.82) is 0 Å². The zero-order valence-corrected chi connectivity index (χ0v) is 16.1. The highest BCUT2D eigenvalue weighted by atomic mass is 16.7. The van der Waals surface area contributed by atoms with Gasteiger partial charge in [0.05, 0.1) is 11.2 Å². The highest BCUT2D eigenvalue weighted by molar-refractivity contribution is 6.64. The molecule has 0 radical (unpaired) electrons. The van der Waals surface area contributed by atoms with Gasteiger partial charge in [0, 0.05) is 11.7 Å². The molecule has 3 heterocycles. The number of pyridine rings is 1. The summed E-state index contributed by atoms with van der Waals surface area (Å²) in [4.78, 5) is 28.7. The van der Waals surface area contributed by atoms with Gasteiger partial charge in [-0.05, 0) is 54.5 Å². The number of carbonyl (C=O) groups excluding carboxylic acids is 1. The molecule has 2 aromatic rings. The maximum atomic E-state index is 12.4. The van der Waals surface area contributed by atoms with Crippen molar-refractivity contribution in [2.75, 3.05) is 0 Å². The molecule has 8 nitrogen and oxygen atoms in total. The standard InChI is InChI=1S/C17H23BN2O6/c1-15(2,3)24-14(22)20-12-11(23-13(20)21)10(8-9-19-12)18-25-16(4,5)17(6,7)26-18/h8-9H,1-7H3. The smallest absolute Gasteiger partial charge is 0.443 e. The predicted molar refractivity (Wildman–Crippen MR) is 95.6 cm³/mol. The Kier molecular flexibility index (Phi) is 4.08. The number of aromatic nitrogens is 2. The minimum absolute atomic E-state index is 0.0662. The quantitative estimate of drug-likeness (QED) is 0.717. The summed E-state index contributed by atoms with van der Waals surface area (Å²) in [6.07, 6.45) is 0.623. The van der Waals surface area contributed by atoms with E-state index >= 15 is 0 Å². The average Bonchev–Trinajstić information content (AvgIpc) is 2.89. The van der Waals surface area contributed by atoms with Crippen LogP contribution in [0.4, 0.5) is 4.79 Å². The van der Waals surface area contributed by atoms with Gasteiger partial charge in [-0.3, -0.25) is 0 Å². The lowest BCUT2D eigenvalue weighted by Crippen LogP contribution is -2.41. The van der Waals surface area contributed by atoms with Gasteiger partial charge in [0.25, 0.3) is 0 Å². The van der Waals surface area contributed by atoms with Crippen molar-refractivity contribution in [3.05, 3.63) is 22.8 Å². The maximum Gasteiger partial charge on any atom is 0.498 e. The van der Waals surface area contributed by atoms with Crippen LogP contribution in [0.15, 0.2) is 21.5 Å². The molecule has 140 valence electrons. The summed E-state index contributed by atoms with van der Waals surface area (Å²) in [5.41, 5.74) is -1.17. The molecule has 2 aromatic heterocycles. The minimum atomic E-state index is -0.870. The van der Waals surface area contributed by atoms with Crippen LogP contribution in [0.1, 0.15) is 48.5 Å². The number of carbonyl (C=O) groups is 1. The summed E-state index contributed by atoms with van der Waals surface area (Å²) in [6, 6.07) is 1.65. The highest BCUT2D eigenvalue weighted by Crippen LogP contribution is 2.36.